The van der Waals surface area contributed by atoms with Gasteiger partial charge in [0.2, 0.25) is 15.9 Å². The molecule has 0 bridgehead atoms. The first-order valence-corrected chi connectivity index (χ1v) is 10.1. The molecule has 1 aromatic heterocycles. The van der Waals surface area contributed by atoms with Crippen LogP contribution in [0.3, 0.4) is 0 Å². The monoisotopic (exact) mass is 381 g/mol. The summed E-state index contributed by atoms with van der Waals surface area (Å²) in [6, 6.07) is 6.53. The van der Waals surface area contributed by atoms with Crippen LogP contribution >= 0.6 is 11.3 Å². The van der Waals surface area contributed by atoms with Crippen LogP contribution in [-0.2, 0) is 19.6 Å². The van der Waals surface area contributed by atoms with Gasteiger partial charge < -0.3 is 10.1 Å². The minimum Gasteiger partial charge on any atom is -0.381 e. The second kappa shape index (κ2) is 7.20. The number of carbonyl (C=O) groups is 1. The summed E-state index contributed by atoms with van der Waals surface area (Å²) in [7, 11) is -0.461. The molecule has 7 nitrogen and oxygen atoms in total. The van der Waals surface area contributed by atoms with Crippen molar-refractivity contribution >= 4 is 32.4 Å². The number of benzene rings is 1. The minimum absolute atomic E-state index is 0.0779. The first kappa shape index (κ1) is 18.0. The summed E-state index contributed by atoms with van der Waals surface area (Å²) in [5, 5.41) is 5.16. The Kier molecular flexibility index (Phi) is 5.19. The summed E-state index contributed by atoms with van der Waals surface area (Å²) < 4.78 is 30.6. The predicted octanol–water partition coefficient (Wildman–Crippen LogP) is 2.04. The first-order chi connectivity index (χ1) is 11.9. The number of ether oxygens (including phenoxy) is 1. The van der Waals surface area contributed by atoms with Gasteiger partial charge >= 0.3 is 0 Å². The van der Waals surface area contributed by atoms with Gasteiger partial charge in [-0.2, -0.15) is 0 Å². The lowest BCUT2D eigenvalue weighted by Gasteiger charge is -2.11. The Morgan fingerprint density at radius 1 is 1.32 bits per heavy atom. The number of nitrogens with zero attached hydrogens (tertiary/aromatic N) is 2. The largest absolute Gasteiger partial charge is 0.381 e. The Morgan fingerprint density at radius 2 is 2.04 bits per heavy atom. The predicted molar refractivity (Wildman–Crippen MR) is 96.0 cm³/mol. The molecule has 1 aromatic carbocycles. The molecular formula is C16H19N3O4S2. The van der Waals surface area contributed by atoms with E-state index >= 15 is 0 Å². The van der Waals surface area contributed by atoms with E-state index in [9.17, 15) is 13.2 Å². The molecule has 1 aliphatic heterocycles. The molecule has 2 aromatic rings. The van der Waals surface area contributed by atoms with E-state index in [1.165, 1.54) is 29.7 Å². The molecule has 134 valence electrons. The van der Waals surface area contributed by atoms with E-state index in [1.807, 2.05) is 5.38 Å². The number of sulfonamides is 1. The number of amides is 1. The van der Waals surface area contributed by atoms with Gasteiger partial charge in [-0.25, -0.2) is 17.7 Å². The zero-order valence-electron chi connectivity index (χ0n) is 13.9. The van der Waals surface area contributed by atoms with Crippen molar-refractivity contribution in [2.75, 3.05) is 32.6 Å². The lowest BCUT2D eigenvalue weighted by atomic mass is 10.1. The number of carbonyl (C=O) groups excluding carboxylic acids is 1. The zero-order chi connectivity index (χ0) is 18.0. The van der Waals surface area contributed by atoms with Crippen molar-refractivity contribution in [1.29, 1.82) is 0 Å². The minimum atomic E-state index is -3.45. The van der Waals surface area contributed by atoms with E-state index in [0.717, 1.165) is 12.0 Å². The van der Waals surface area contributed by atoms with E-state index < -0.39 is 10.0 Å². The third-order valence-corrected chi connectivity index (χ3v) is 6.55. The van der Waals surface area contributed by atoms with E-state index in [2.05, 4.69) is 10.3 Å². The van der Waals surface area contributed by atoms with Crippen LogP contribution in [0.1, 0.15) is 6.42 Å². The summed E-state index contributed by atoms with van der Waals surface area (Å²) >= 11 is 1.34. The fourth-order valence-electron chi connectivity index (χ4n) is 2.42. The lowest BCUT2D eigenvalue weighted by molar-refractivity contribution is -0.119. The maximum Gasteiger partial charge on any atom is 0.242 e. The van der Waals surface area contributed by atoms with Crippen LogP contribution in [0, 0.1) is 5.92 Å². The van der Waals surface area contributed by atoms with Crippen LogP contribution in [0.4, 0.5) is 5.13 Å². The molecule has 9 heteroatoms. The van der Waals surface area contributed by atoms with Gasteiger partial charge in [0.25, 0.3) is 0 Å². The van der Waals surface area contributed by atoms with Crippen LogP contribution in [0.5, 0.6) is 0 Å². The Morgan fingerprint density at radius 3 is 2.64 bits per heavy atom. The van der Waals surface area contributed by atoms with Crippen molar-refractivity contribution < 1.29 is 17.9 Å². The summed E-state index contributed by atoms with van der Waals surface area (Å²) in [6.45, 7) is 1.06. The van der Waals surface area contributed by atoms with Crippen molar-refractivity contribution in [1.82, 2.24) is 9.29 Å². The SMILES string of the molecule is CN(C)S(=O)(=O)c1ccc(-c2csc(NC(=O)C3CCOC3)n2)cc1. The number of hydrogen-bond donors (Lipinski definition) is 1. The number of anilines is 1. The molecule has 3 rings (SSSR count). The van der Waals surface area contributed by atoms with Crippen LogP contribution in [0.15, 0.2) is 34.5 Å². The molecule has 1 amide bonds. The average molecular weight is 381 g/mol. The molecule has 0 saturated carbocycles. The molecular weight excluding hydrogens is 362 g/mol. The highest BCUT2D eigenvalue weighted by Crippen LogP contribution is 2.27. The summed E-state index contributed by atoms with van der Waals surface area (Å²) in [5.41, 5.74) is 1.48. The van der Waals surface area contributed by atoms with Crippen molar-refractivity contribution in [2.45, 2.75) is 11.3 Å². The van der Waals surface area contributed by atoms with Crippen molar-refractivity contribution in [3.05, 3.63) is 29.6 Å². The zero-order valence-corrected chi connectivity index (χ0v) is 15.6. The van der Waals surface area contributed by atoms with Gasteiger partial charge in [-0.15, -0.1) is 11.3 Å². The Bertz CT molecular complexity index is 854. The molecule has 1 aliphatic rings. The molecule has 25 heavy (non-hydrogen) atoms. The Labute approximate surface area is 150 Å². The average Bonchev–Trinajstić information content (AvgIpc) is 3.26. The highest BCUT2D eigenvalue weighted by atomic mass is 32.2. The van der Waals surface area contributed by atoms with Crippen LogP contribution in [0.25, 0.3) is 11.3 Å². The van der Waals surface area contributed by atoms with Crippen molar-refractivity contribution in [3.63, 3.8) is 0 Å². The molecule has 0 radical (unpaired) electrons. The van der Waals surface area contributed by atoms with E-state index in [4.69, 9.17) is 4.74 Å². The van der Waals surface area contributed by atoms with Gasteiger partial charge in [0.05, 0.1) is 23.1 Å². The third kappa shape index (κ3) is 3.90. The van der Waals surface area contributed by atoms with Gasteiger partial charge in [-0.1, -0.05) is 12.1 Å². The van der Waals surface area contributed by atoms with Crippen LogP contribution < -0.4 is 5.32 Å². The van der Waals surface area contributed by atoms with Gasteiger partial charge in [0, 0.05) is 31.6 Å². The summed E-state index contributed by atoms with van der Waals surface area (Å²) in [6.07, 6.45) is 0.728. The van der Waals surface area contributed by atoms with Crippen molar-refractivity contribution in [3.8, 4) is 11.3 Å². The molecule has 0 aliphatic carbocycles. The Hall–Kier alpha value is -1.81. The second-order valence-corrected chi connectivity index (χ2v) is 8.91. The maximum atomic E-state index is 12.1. The van der Waals surface area contributed by atoms with E-state index in [-0.39, 0.29) is 16.7 Å². The lowest BCUT2D eigenvalue weighted by Crippen LogP contribution is -2.22. The number of hydrogen-bond acceptors (Lipinski definition) is 6. The quantitative estimate of drug-likeness (QED) is 0.856. The summed E-state index contributed by atoms with van der Waals surface area (Å²) in [5.74, 6) is -0.200. The van der Waals surface area contributed by atoms with Gasteiger partial charge in [-0.3, -0.25) is 4.79 Å². The molecule has 2 heterocycles. The molecule has 1 N–H and O–H groups in total. The molecule has 1 fully saturated rings. The molecule has 1 atom stereocenters. The fourth-order valence-corrected chi connectivity index (χ4v) is 4.05. The first-order valence-electron chi connectivity index (χ1n) is 7.75. The van der Waals surface area contributed by atoms with E-state index in [0.29, 0.717) is 24.0 Å². The normalized spacial score (nSPS) is 17.8. The highest BCUT2D eigenvalue weighted by molar-refractivity contribution is 7.89. The maximum absolute atomic E-state index is 12.1. The van der Waals surface area contributed by atoms with Gasteiger partial charge in [0.15, 0.2) is 5.13 Å². The highest BCUT2D eigenvalue weighted by Gasteiger charge is 2.24. The molecule has 1 unspecified atom stereocenters. The standard InChI is InChI=1S/C16H19N3O4S2/c1-19(2)25(21,22)13-5-3-11(4-6-13)14-10-24-16(17-14)18-15(20)12-7-8-23-9-12/h3-6,10,12H,7-9H2,1-2H3,(H,17,18,20). The van der Waals surface area contributed by atoms with Gasteiger partial charge in [-0.05, 0) is 18.6 Å². The van der Waals surface area contributed by atoms with Crippen LogP contribution in [-0.4, -0.2) is 50.9 Å². The topological polar surface area (TPSA) is 88.6 Å². The molecule has 1 saturated heterocycles. The fraction of sp³-hybridized carbons (Fsp3) is 0.375. The smallest absolute Gasteiger partial charge is 0.242 e. The molecule has 0 spiro atoms. The number of aromatic nitrogens is 1. The Balaban J connectivity index is 1.73. The summed E-state index contributed by atoms with van der Waals surface area (Å²) in [4.78, 5) is 16.7. The number of thiazole rings is 1. The van der Waals surface area contributed by atoms with Crippen LogP contribution in [0.2, 0.25) is 0 Å². The van der Waals surface area contributed by atoms with Gasteiger partial charge in [0.1, 0.15) is 0 Å². The second-order valence-electron chi connectivity index (χ2n) is 5.90. The van der Waals surface area contributed by atoms with Crippen molar-refractivity contribution in [2.24, 2.45) is 5.92 Å². The number of nitrogens with one attached hydrogen (secondary N) is 1. The van der Waals surface area contributed by atoms with E-state index in [1.54, 1.807) is 24.3 Å². The number of rotatable bonds is 5. The third-order valence-electron chi connectivity index (χ3n) is 3.96.